The molecule has 0 radical (unpaired) electrons. The molecule has 120 valence electrons. The monoisotopic (exact) mass is 338 g/mol. The van der Waals surface area contributed by atoms with E-state index < -0.39 is 13.7 Å². The van der Waals surface area contributed by atoms with E-state index in [1.807, 2.05) is 30.3 Å². The Balaban J connectivity index is 2.40. The second-order valence-electron chi connectivity index (χ2n) is 6.47. The topological polar surface area (TPSA) is 35.5 Å². The van der Waals surface area contributed by atoms with Gasteiger partial charge in [0.2, 0.25) is 0 Å². The van der Waals surface area contributed by atoms with Crippen LogP contribution in [0.2, 0.25) is 19.6 Å². The largest absolute Gasteiger partial charge is 0.496 e. The molecule has 0 saturated heterocycles. The predicted molar refractivity (Wildman–Crippen MR) is 93.1 cm³/mol. The standard InChI is InChI=1S/C17H23ClO3Si/c1-20-15-8-6-5-7-12(15)11-13-16(21-22(2,3)4)10-9-14(18)17(13)19/h5-8,11,14,16H,9-10H2,1-4H3. The van der Waals surface area contributed by atoms with Gasteiger partial charge < -0.3 is 9.16 Å². The minimum absolute atomic E-state index is 0.0259. The Hall–Kier alpha value is -1.10. The molecule has 0 aliphatic heterocycles. The lowest BCUT2D eigenvalue weighted by Gasteiger charge is -2.32. The van der Waals surface area contributed by atoms with Gasteiger partial charge in [0.05, 0.1) is 18.6 Å². The third-order valence-electron chi connectivity index (χ3n) is 3.54. The Morgan fingerprint density at radius 2 is 1.91 bits per heavy atom. The Morgan fingerprint density at radius 3 is 2.55 bits per heavy atom. The van der Waals surface area contributed by atoms with Crippen molar-refractivity contribution < 1.29 is 14.0 Å². The number of benzene rings is 1. The van der Waals surface area contributed by atoms with Crippen molar-refractivity contribution in [3.05, 3.63) is 35.4 Å². The fourth-order valence-electron chi connectivity index (χ4n) is 2.59. The number of Topliss-reactive ketones (excluding diaryl/α,β-unsaturated/α-hetero) is 1. The van der Waals surface area contributed by atoms with Crippen LogP contribution in [0, 0.1) is 0 Å². The van der Waals surface area contributed by atoms with E-state index in [-0.39, 0.29) is 11.9 Å². The van der Waals surface area contributed by atoms with Crippen LogP contribution in [0.4, 0.5) is 0 Å². The number of rotatable bonds is 4. The molecule has 3 nitrogen and oxygen atoms in total. The van der Waals surface area contributed by atoms with Gasteiger partial charge in [0.15, 0.2) is 14.1 Å². The van der Waals surface area contributed by atoms with Gasteiger partial charge in [-0.2, -0.15) is 0 Å². The van der Waals surface area contributed by atoms with Gasteiger partial charge in [-0.05, 0) is 44.6 Å². The molecule has 0 amide bonds. The van der Waals surface area contributed by atoms with Crippen molar-refractivity contribution >= 4 is 31.8 Å². The van der Waals surface area contributed by atoms with E-state index in [9.17, 15) is 4.79 Å². The van der Waals surface area contributed by atoms with Crippen molar-refractivity contribution in [2.75, 3.05) is 7.11 Å². The molecule has 2 rings (SSSR count). The van der Waals surface area contributed by atoms with E-state index in [0.29, 0.717) is 12.0 Å². The highest BCUT2D eigenvalue weighted by atomic mass is 35.5. The number of methoxy groups -OCH3 is 1. The van der Waals surface area contributed by atoms with Gasteiger partial charge in [-0.25, -0.2) is 0 Å². The van der Waals surface area contributed by atoms with Gasteiger partial charge in [-0.1, -0.05) is 18.2 Å². The van der Waals surface area contributed by atoms with Crippen LogP contribution >= 0.6 is 11.6 Å². The summed E-state index contributed by atoms with van der Waals surface area (Å²) >= 11 is 6.17. The summed E-state index contributed by atoms with van der Waals surface area (Å²) in [5.41, 5.74) is 1.54. The normalized spacial score (nSPS) is 24.6. The van der Waals surface area contributed by atoms with Crippen molar-refractivity contribution in [3.8, 4) is 5.75 Å². The predicted octanol–water partition coefficient (Wildman–Crippen LogP) is 4.27. The molecule has 1 aromatic carbocycles. The van der Waals surface area contributed by atoms with Gasteiger partial charge in [0.1, 0.15) is 5.75 Å². The zero-order valence-electron chi connectivity index (χ0n) is 13.6. The van der Waals surface area contributed by atoms with E-state index in [1.165, 1.54) is 0 Å². The third kappa shape index (κ3) is 4.21. The lowest BCUT2D eigenvalue weighted by atomic mass is 9.89. The summed E-state index contributed by atoms with van der Waals surface area (Å²) in [5, 5.41) is -0.456. The molecule has 1 fully saturated rings. The molecule has 1 saturated carbocycles. The van der Waals surface area contributed by atoms with Crippen molar-refractivity contribution in [1.29, 1.82) is 0 Å². The molecule has 1 aliphatic rings. The zero-order valence-corrected chi connectivity index (χ0v) is 15.3. The summed E-state index contributed by atoms with van der Waals surface area (Å²) in [6.07, 6.45) is 3.16. The van der Waals surface area contributed by atoms with Gasteiger partial charge in [-0.3, -0.25) is 4.79 Å². The Bertz CT molecular complexity index is 578. The van der Waals surface area contributed by atoms with E-state index >= 15 is 0 Å². The smallest absolute Gasteiger partial charge is 0.184 e. The molecule has 2 atom stereocenters. The number of carbonyl (C=O) groups is 1. The van der Waals surface area contributed by atoms with Crippen LogP contribution in [0.5, 0.6) is 5.75 Å². The molecule has 0 heterocycles. The van der Waals surface area contributed by atoms with Crippen molar-refractivity contribution in [2.45, 2.75) is 44.0 Å². The van der Waals surface area contributed by atoms with Gasteiger partial charge in [-0.15, -0.1) is 11.6 Å². The Labute approximate surface area is 138 Å². The van der Waals surface area contributed by atoms with Crippen LogP contribution in [0.3, 0.4) is 0 Å². The van der Waals surface area contributed by atoms with Crippen LogP contribution in [0.1, 0.15) is 18.4 Å². The molecular weight excluding hydrogens is 316 g/mol. The van der Waals surface area contributed by atoms with Crippen molar-refractivity contribution in [1.82, 2.24) is 0 Å². The maximum atomic E-state index is 12.5. The van der Waals surface area contributed by atoms with E-state index in [4.69, 9.17) is 20.8 Å². The number of alkyl halides is 1. The Kier molecular flexibility index (Phi) is 5.48. The van der Waals surface area contributed by atoms with Crippen LogP contribution in [0.15, 0.2) is 29.8 Å². The quantitative estimate of drug-likeness (QED) is 0.467. The summed E-state index contributed by atoms with van der Waals surface area (Å²) < 4.78 is 11.6. The maximum Gasteiger partial charge on any atom is 0.184 e. The molecular formula is C17H23ClO3Si. The van der Waals surface area contributed by atoms with Crippen LogP contribution in [0.25, 0.3) is 6.08 Å². The summed E-state index contributed by atoms with van der Waals surface area (Å²) in [7, 11) is -0.119. The Morgan fingerprint density at radius 1 is 1.23 bits per heavy atom. The molecule has 2 unspecified atom stereocenters. The average molecular weight is 339 g/mol. The molecule has 0 N–H and O–H groups in total. The molecule has 22 heavy (non-hydrogen) atoms. The summed E-state index contributed by atoms with van der Waals surface area (Å²) in [4.78, 5) is 12.5. The van der Waals surface area contributed by atoms with Crippen molar-refractivity contribution in [3.63, 3.8) is 0 Å². The minimum Gasteiger partial charge on any atom is -0.496 e. The summed E-state index contributed by atoms with van der Waals surface area (Å²) in [5.74, 6) is 0.716. The van der Waals surface area contributed by atoms with Gasteiger partial charge in [0.25, 0.3) is 0 Å². The van der Waals surface area contributed by atoms with Crippen LogP contribution in [-0.2, 0) is 9.22 Å². The number of ketones is 1. The lowest BCUT2D eigenvalue weighted by molar-refractivity contribution is -0.117. The maximum absolute atomic E-state index is 12.5. The highest BCUT2D eigenvalue weighted by Crippen LogP contribution is 2.32. The number of hydrogen-bond donors (Lipinski definition) is 0. The fourth-order valence-corrected chi connectivity index (χ4v) is 3.94. The fraction of sp³-hybridized carbons (Fsp3) is 0.471. The summed E-state index contributed by atoms with van der Waals surface area (Å²) in [6, 6.07) is 7.65. The first-order chi connectivity index (χ1) is 10.3. The molecule has 5 heteroatoms. The van der Waals surface area contributed by atoms with E-state index in [2.05, 4.69) is 19.6 Å². The summed E-state index contributed by atoms with van der Waals surface area (Å²) in [6.45, 7) is 6.39. The third-order valence-corrected chi connectivity index (χ3v) is 4.95. The van der Waals surface area contributed by atoms with Crippen LogP contribution < -0.4 is 4.74 Å². The number of halogens is 1. The molecule has 0 bridgehead atoms. The first-order valence-electron chi connectivity index (χ1n) is 7.52. The van der Waals surface area contributed by atoms with Gasteiger partial charge >= 0.3 is 0 Å². The number of para-hydroxylation sites is 1. The second-order valence-corrected chi connectivity index (χ2v) is 11.5. The second kappa shape index (κ2) is 6.98. The van der Waals surface area contributed by atoms with Crippen LogP contribution in [-0.4, -0.2) is 32.7 Å². The number of carbonyl (C=O) groups excluding carboxylic acids is 1. The SMILES string of the molecule is COc1ccccc1C=C1C(=O)C(Cl)CCC1O[Si](C)(C)C. The highest BCUT2D eigenvalue weighted by Gasteiger charge is 2.35. The first kappa shape index (κ1) is 17.3. The molecule has 0 spiro atoms. The van der Waals surface area contributed by atoms with E-state index in [0.717, 1.165) is 17.7 Å². The first-order valence-corrected chi connectivity index (χ1v) is 11.4. The molecule has 1 aromatic rings. The highest BCUT2D eigenvalue weighted by molar-refractivity contribution is 6.69. The zero-order chi connectivity index (χ0) is 16.3. The van der Waals surface area contributed by atoms with Crippen molar-refractivity contribution in [2.24, 2.45) is 0 Å². The van der Waals surface area contributed by atoms with Gasteiger partial charge in [0, 0.05) is 11.1 Å². The number of ether oxygens (including phenoxy) is 1. The van der Waals surface area contributed by atoms with E-state index in [1.54, 1.807) is 7.11 Å². The lowest BCUT2D eigenvalue weighted by Crippen LogP contribution is -2.40. The average Bonchev–Trinajstić information content (AvgIpc) is 2.46. The molecule has 1 aliphatic carbocycles. The molecule has 0 aromatic heterocycles. The number of hydrogen-bond acceptors (Lipinski definition) is 3. The minimum atomic E-state index is -1.74.